The van der Waals surface area contributed by atoms with Crippen LogP contribution in [0.1, 0.15) is 39.5 Å². The van der Waals surface area contributed by atoms with Crippen LogP contribution in [0.25, 0.3) is 0 Å². The molecule has 0 amide bonds. The molecule has 0 fully saturated rings. The smallest absolute Gasteiger partial charge is 0.300 e. The summed E-state index contributed by atoms with van der Waals surface area (Å²) in [5.74, 6) is -0.0553. The summed E-state index contributed by atoms with van der Waals surface area (Å²) in [5.41, 5.74) is 0. The second kappa shape index (κ2) is 5.25. The van der Waals surface area contributed by atoms with Gasteiger partial charge in [0.25, 0.3) is 0 Å². The zero-order valence-corrected chi connectivity index (χ0v) is 7.95. The Bertz CT molecular complexity index is 163. The maximum absolute atomic E-state index is 11.7. The number of carbonyl (C=O) groups is 1. The van der Waals surface area contributed by atoms with Crippen LogP contribution in [0.15, 0.2) is 0 Å². The number of carbonyl (C=O) groups excluding carboxylic acids is 1. The summed E-state index contributed by atoms with van der Waals surface area (Å²) in [4.78, 5) is 10.7. The minimum absolute atomic E-state index is 0.0482. The highest BCUT2D eigenvalue weighted by Crippen LogP contribution is 2.23. The van der Waals surface area contributed by atoms with Crippen LogP contribution in [-0.2, 0) is 4.79 Å². The van der Waals surface area contributed by atoms with Crippen molar-refractivity contribution in [3.63, 3.8) is 0 Å². The van der Waals surface area contributed by atoms with Gasteiger partial charge in [0.05, 0.1) is 0 Å². The molecule has 0 N–H and O–H groups in total. The molecule has 1 atom stereocenters. The highest BCUT2D eigenvalue weighted by molar-refractivity contribution is 5.77. The minimum Gasteiger partial charge on any atom is -0.300 e. The standard InChI is InChI=1S/C9H15F3O/c1-7(8(2)13)5-3-4-6-9(10,11)12/h7H,3-6H2,1-2H3. The molecule has 0 aromatic rings. The van der Waals surface area contributed by atoms with Crippen LogP contribution in [0.3, 0.4) is 0 Å². The first-order valence-electron chi connectivity index (χ1n) is 4.40. The van der Waals surface area contributed by atoms with Crippen molar-refractivity contribution in [2.75, 3.05) is 0 Å². The molecule has 4 heteroatoms. The van der Waals surface area contributed by atoms with Crippen LogP contribution in [0, 0.1) is 5.92 Å². The van der Waals surface area contributed by atoms with Gasteiger partial charge < -0.3 is 0 Å². The van der Waals surface area contributed by atoms with Crippen molar-refractivity contribution < 1.29 is 18.0 Å². The molecule has 0 heterocycles. The average molecular weight is 196 g/mol. The SMILES string of the molecule is CC(=O)C(C)CCCCC(F)(F)F. The lowest BCUT2D eigenvalue weighted by Crippen LogP contribution is -2.09. The Morgan fingerprint density at radius 2 is 1.85 bits per heavy atom. The van der Waals surface area contributed by atoms with E-state index in [4.69, 9.17) is 0 Å². The molecule has 0 saturated heterocycles. The molecule has 13 heavy (non-hydrogen) atoms. The maximum Gasteiger partial charge on any atom is 0.389 e. The molecule has 0 aliphatic heterocycles. The van der Waals surface area contributed by atoms with Crippen molar-refractivity contribution >= 4 is 5.78 Å². The second-order valence-electron chi connectivity index (χ2n) is 3.37. The number of hydrogen-bond donors (Lipinski definition) is 0. The molecular formula is C9H15F3O. The van der Waals surface area contributed by atoms with E-state index in [1.165, 1.54) is 6.92 Å². The lowest BCUT2D eigenvalue weighted by atomic mass is 10.00. The number of unbranched alkanes of at least 4 members (excludes halogenated alkanes) is 1. The molecule has 0 aliphatic carbocycles. The molecular weight excluding hydrogens is 181 g/mol. The largest absolute Gasteiger partial charge is 0.389 e. The van der Waals surface area contributed by atoms with Gasteiger partial charge in [-0.25, -0.2) is 0 Å². The van der Waals surface area contributed by atoms with Gasteiger partial charge in [0.15, 0.2) is 0 Å². The molecule has 1 nitrogen and oxygen atoms in total. The number of halogens is 3. The van der Waals surface area contributed by atoms with Crippen molar-refractivity contribution in [3.8, 4) is 0 Å². The van der Waals surface area contributed by atoms with Crippen molar-refractivity contribution in [2.45, 2.75) is 45.7 Å². The molecule has 1 unspecified atom stereocenters. The number of Topliss-reactive ketones (excluding diaryl/α,β-unsaturated/α-hetero) is 1. The second-order valence-corrected chi connectivity index (χ2v) is 3.37. The van der Waals surface area contributed by atoms with E-state index < -0.39 is 12.6 Å². The molecule has 0 aromatic carbocycles. The van der Waals surface area contributed by atoms with E-state index >= 15 is 0 Å². The van der Waals surface area contributed by atoms with E-state index in [2.05, 4.69) is 0 Å². The van der Waals surface area contributed by atoms with Crippen LogP contribution in [0.5, 0.6) is 0 Å². The number of hydrogen-bond acceptors (Lipinski definition) is 1. The predicted octanol–water partition coefficient (Wildman–Crippen LogP) is 3.33. The monoisotopic (exact) mass is 196 g/mol. The van der Waals surface area contributed by atoms with Crippen LogP contribution >= 0.6 is 0 Å². The normalized spacial score (nSPS) is 14.2. The minimum atomic E-state index is -4.06. The Kier molecular flexibility index (Phi) is 5.03. The van der Waals surface area contributed by atoms with Crippen molar-refractivity contribution in [1.82, 2.24) is 0 Å². The van der Waals surface area contributed by atoms with E-state index in [9.17, 15) is 18.0 Å². The Morgan fingerprint density at radius 3 is 2.23 bits per heavy atom. The predicted molar refractivity (Wildman–Crippen MR) is 44.4 cm³/mol. The Balaban J connectivity index is 3.41. The quantitative estimate of drug-likeness (QED) is 0.616. The third kappa shape index (κ3) is 7.81. The zero-order valence-electron chi connectivity index (χ0n) is 7.95. The third-order valence-corrected chi connectivity index (χ3v) is 2.04. The van der Waals surface area contributed by atoms with Crippen molar-refractivity contribution in [2.24, 2.45) is 5.92 Å². The van der Waals surface area contributed by atoms with Gasteiger partial charge in [0.1, 0.15) is 5.78 Å². The van der Waals surface area contributed by atoms with Gasteiger partial charge in [0.2, 0.25) is 0 Å². The summed E-state index contributed by atoms with van der Waals surface area (Å²) in [6, 6.07) is 0. The van der Waals surface area contributed by atoms with Gasteiger partial charge in [0, 0.05) is 12.3 Å². The van der Waals surface area contributed by atoms with Crippen LogP contribution in [0.2, 0.25) is 0 Å². The molecule has 0 radical (unpaired) electrons. The van der Waals surface area contributed by atoms with Gasteiger partial charge in [-0.3, -0.25) is 4.79 Å². The summed E-state index contributed by atoms with van der Waals surface area (Å²) in [6.45, 7) is 3.21. The highest BCUT2D eigenvalue weighted by Gasteiger charge is 2.25. The molecule has 0 aromatic heterocycles. The third-order valence-electron chi connectivity index (χ3n) is 2.04. The van der Waals surface area contributed by atoms with E-state index in [1.807, 2.05) is 0 Å². The fraction of sp³-hybridized carbons (Fsp3) is 0.889. The molecule has 0 bridgehead atoms. The fourth-order valence-electron chi connectivity index (χ4n) is 0.979. The molecule has 78 valence electrons. The first-order valence-corrected chi connectivity index (χ1v) is 4.40. The number of ketones is 1. The van der Waals surface area contributed by atoms with E-state index in [0.717, 1.165) is 0 Å². The van der Waals surface area contributed by atoms with E-state index in [1.54, 1.807) is 6.92 Å². The lowest BCUT2D eigenvalue weighted by Gasteiger charge is -2.08. The first-order chi connectivity index (χ1) is 5.83. The Morgan fingerprint density at radius 1 is 1.31 bits per heavy atom. The highest BCUT2D eigenvalue weighted by atomic mass is 19.4. The summed E-state index contributed by atoms with van der Waals surface area (Å²) in [7, 11) is 0. The Hall–Kier alpha value is -0.540. The van der Waals surface area contributed by atoms with Gasteiger partial charge in [-0.2, -0.15) is 13.2 Å². The topological polar surface area (TPSA) is 17.1 Å². The maximum atomic E-state index is 11.7. The van der Waals surface area contributed by atoms with Crippen molar-refractivity contribution in [3.05, 3.63) is 0 Å². The van der Waals surface area contributed by atoms with Gasteiger partial charge in [-0.1, -0.05) is 13.3 Å². The summed E-state index contributed by atoms with van der Waals surface area (Å²) in [5, 5.41) is 0. The lowest BCUT2D eigenvalue weighted by molar-refractivity contribution is -0.135. The van der Waals surface area contributed by atoms with Gasteiger partial charge >= 0.3 is 6.18 Å². The fourth-order valence-corrected chi connectivity index (χ4v) is 0.979. The summed E-state index contributed by atoms with van der Waals surface area (Å²) >= 11 is 0. The molecule has 0 aliphatic rings. The van der Waals surface area contributed by atoms with Crippen molar-refractivity contribution in [1.29, 1.82) is 0 Å². The van der Waals surface area contributed by atoms with Crippen LogP contribution in [-0.4, -0.2) is 12.0 Å². The summed E-state index contributed by atoms with van der Waals surface area (Å²) < 4.78 is 35.0. The average Bonchev–Trinajstić information content (AvgIpc) is 1.95. The zero-order chi connectivity index (χ0) is 10.5. The van der Waals surface area contributed by atoms with E-state index in [0.29, 0.717) is 12.8 Å². The van der Waals surface area contributed by atoms with Gasteiger partial charge in [-0.05, 0) is 19.8 Å². The number of alkyl halides is 3. The molecule has 0 saturated carbocycles. The van der Waals surface area contributed by atoms with Crippen LogP contribution < -0.4 is 0 Å². The molecule has 0 spiro atoms. The Labute approximate surface area is 76.3 Å². The van der Waals surface area contributed by atoms with Gasteiger partial charge in [-0.15, -0.1) is 0 Å². The van der Waals surface area contributed by atoms with E-state index in [-0.39, 0.29) is 18.1 Å². The first kappa shape index (κ1) is 12.5. The summed E-state index contributed by atoms with van der Waals surface area (Å²) in [6.07, 6.45) is -3.64. The molecule has 0 rings (SSSR count). The van der Waals surface area contributed by atoms with Crippen LogP contribution in [0.4, 0.5) is 13.2 Å². The number of rotatable bonds is 5.